The van der Waals surface area contributed by atoms with Crippen molar-refractivity contribution in [2.45, 2.75) is 0 Å². The van der Waals surface area contributed by atoms with E-state index in [1.54, 1.807) is 0 Å². The summed E-state index contributed by atoms with van der Waals surface area (Å²) < 4.78 is 5.86. The van der Waals surface area contributed by atoms with Crippen LogP contribution in [0.4, 0.5) is 0 Å². The lowest BCUT2D eigenvalue weighted by Gasteiger charge is -2.02. The maximum absolute atomic E-state index is 10.7. The van der Waals surface area contributed by atoms with Crippen molar-refractivity contribution in [1.82, 2.24) is 0 Å². The van der Waals surface area contributed by atoms with Crippen LogP contribution in [0.25, 0.3) is 28.5 Å². The molecule has 1 N–H and O–H groups in total. The summed E-state index contributed by atoms with van der Waals surface area (Å²) in [6.07, 6.45) is 2.53. The molecule has 0 aliphatic rings. The average molecular weight is 290 g/mol. The van der Waals surface area contributed by atoms with Crippen LogP contribution in [0.5, 0.6) is 0 Å². The van der Waals surface area contributed by atoms with Gasteiger partial charge in [0.2, 0.25) is 0 Å². The Labute approximate surface area is 128 Å². The smallest absolute Gasteiger partial charge is 0.328 e. The summed E-state index contributed by atoms with van der Waals surface area (Å²) >= 11 is 0. The SMILES string of the molecule is O=C(O)/C=C/c1cc(-c2ccccc2)c(-c2ccccc2)o1. The van der Waals surface area contributed by atoms with Gasteiger partial charge >= 0.3 is 5.97 Å². The van der Waals surface area contributed by atoms with Crippen LogP contribution in [0.3, 0.4) is 0 Å². The topological polar surface area (TPSA) is 50.4 Å². The number of furan rings is 1. The Bertz CT molecular complexity index is 742. The average Bonchev–Trinajstić information content (AvgIpc) is 2.99. The summed E-state index contributed by atoms with van der Waals surface area (Å²) in [5.74, 6) is 0.246. The fourth-order valence-electron chi connectivity index (χ4n) is 2.28. The standard InChI is InChI=1S/C19H14O3/c20-18(21)12-11-16-13-17(14-7-3-1-4-8-14)19(22-16)15-9-5-2-6-10-15/h1-13H,(H,20,21)/b12-11+. The van der Waals surface area contributed by atoms with Crippen LogP contribution in [0.1, 0.15) is 5.76 Å². The third kappa shape index (κ3) is 2.99. The van der Waals surface area contributed by atoms with Crippen molar-refractivity contribution >= 4 is 12.0 Å². The highest BCUT2D eigenvalue weighted by Gasteiger charge is 2.13. The van der Waals surface area contributed by atoms with Crippen molar-refractivity contribution in [1.29, 1.82) is 0 Å². The molecule has 1 heterocycles. The molecule has 2 aromatic carbocycles. The molecule has 3 nitrogen and oxygen atoms in total. The second kappa shape index (κ2) is 6.14. The zero-order chi connectivity index (χ0) is 15.4. The van der Waals surface area contributed by atoms with Gasteiger partial charge in [-0.1, -0.05) is 60.7 Å². The van der Waals surface area contributed by atoms with Crippen molar-refractivity contribution in [3.05, 3.63) is 78.6 Å². The molecule has 3 rings (SSSR count). The molecule has 3 aromatic rings. The van der Waals surface area contributed by atoms with E-state index in [1.165, 1.54) is 6.08 Å². The van der Waals surface area contributed by atoms with Crippen LogP contribution in [0.15, 0.2) is 77.2 Å². The van der Waals surface area contributed by atoms with Gasteiger partial charge in [-0.2, -0.15) is 0 Å². The number of carboxylic acids is 1. The molecular formula is C19H14O3. The van der Waals surface area contributed by atoms with Gasteiger partial charge in [-0.25, -0.2) is 4.79 Å². The summed E-state index contributed by atoms with van der Waals surface area (Å²) in [5.41, 5.74) is 2.92. The predicted octanol–water partition coefficient (Wildman–Crippen LogP) is 4.71. The highest BCUT2D eigenvalue weighted by molar-refractivity contribution is 5.86. The largest absolute Gasteiger partial charge is 0.478 e. The maximum Gasteiger partial charge on any atom is 0.328 e. The van der Waals surface area contributed by atoms with E-state index in [2.05, 4.69) is 0 Å². The van der Waals surface area contributed by atoms with Crippen LogP contribution in [0.2, 0.25) is 0 Å². The van der Waals surface area contributed by atoms with E-state index in [1.807, 2.05) is 66.7 Å². The number of aliphatic carboxylic acids is 1. The van der Waals surface area contributed by atoms with Gasteiger partial charge in [0.25, 0.3) is 0 Å². The summed E-state index contributed by atoms with van der Waals surface area (Å²) in [5, 5.41) is 8.76. The monoisotopic (exact) mass is 290 g/mol. The lowest BCUT2D eigenvalue weighted by Crippen LogP contribution is -1.84. The summed E-state index contributed by atoms with van der Waals surface area (Å²) in [4.78, 5) is 10.7. The number of carboxylic acid groups (broad SMARTS) is 1. The Kier molecular flexibility index (Phi) is 3.88. The van der Waals surface area contributed by atoms with E-state index >= 15 is 0 Å². The van der Waals surface area contributed by atoms with Crippen molar-refractivity contribution in [3.8, 4) is 22.5 Å². The van der Waals surface area contributed by atoms with Crippen molar-refractivity contribution in [2.75, 3.05) is 0 Å². The van der Waals surface area contributed by atoms with E-state index in [-0.39, 0.29) is 0 Å². The molecule has 0 amide bonds. The third-order valence-corrected chi connectivity index (χ3v) is 3.26. The van der Waals surface area contributed by atoms with Crippen LogP contribution in [-0.2, 0) is 4.79 Å². The molecule has 108 valence electrons. The summed E-state index contributed by atoms with van der Waals surface area (Å²) in [7, 11) is 0. The van der Waals surface area contributed by atoms with E-state index in [4.69, 9.17) is 9.52 Å². The third-order valence-electron chi connectivity index (χ3n) is 3.26. The molecule has 0 bridgehead atoms. The number of benzene rings is 2. The quantitative estimate of drug-likeness (QED) is 0.708. The number of carbonyl (C=O) groups is 1. The normalized spacial score (nSPS) is 10.9. The fourth-order valence-corrected chi connectivity index (χ4v) is 2.28. The Balaban J connectivity index is 2.12. The molecule has 0 spiro atoms. The minimum absolute atomic E-state index is 0.514. The first kappa shape index (κ1) is 13.9. The maximum atomic E-state index is 10.7. The predicted molar refractivity (Wildman–Crippen MR) is 86.2 cm³/mol. The van der Waals surface area contributed by atoms with Gasteiger partial charge in [0.1, 0.15) is 11.5 Å². The van der Waals surface area contributed by atoms with Gasteiger partial charge in [0.05, 0.1) is 0 Å². The van der Waals surface area contributed by atoms with Crippen molar-refractivity contribution in [3.63, 3.8) is 0 Å². The first-order chi connectivity index (χ1) is 10.7. The molecule has 22 heavy (non-hydrogen) atoms. The van der Waals surface area contributed by atoms with Gasteiger partial charge in [-0.15, -0.1) is 0 Å². The van der Waals surface area contributed by atoms with E-state index in [0.717, 1.165) is 28.5 Å². The number of rotatable bonds is 4. The molecule has 0 unspecified atom stereocenters. The van der Waals surface area contributed by atoms with Crippen LogP contribution < -0.4 is 0 Å². The summed E-state index contributed by atoms with van der Waals surface area (Å²) in [6.45, 7) is 0. The minimum atomic E-state index is -1.00. The first-order valence-electron chi connectivity index (χ1n) is 6.90. The Morgan fingerprint density at radius 3 is 2.09 bits per heavy atom. The molecule has 3 heteroatoms. The van der Waals surface area contributed by atoms with E-state index in [9.17, 15) is 4.79 Å². The minimum Gasteiger partial charge on any atom is -0.478 e. The Morgan fingerprint density at radius 2 is 1.50 bits per heavy atom. The second-order valence-corrected chi connectivity index (χ2v) is 4.80. The lowest BCUT2D eigenvalue weighted by atomic mass is 10.0. The van der Waals surface area contributed by atoms with E-state index in [0.29, 0.717) is 5.76 Å². The highest BCUT2D eigenvalue weighted by Crippen LogP contribution is 2.35. The Morgan fingerprint density at radius 1 is 0.909 bits per heavy atom. The van der Waals surface area contributed by atoms with Crippen molar-refractivity contribution in [2.24, 2.45) is 0 Å². The molecule has 0 saturated heterocycles. The zero-order valence-corrected chi connectivity index (χ0v) is 11.8. The molecule has 0 aliphatic heterocycles. The van der Waals surface area contributed by atoms with Gasteiger partial charge in [-0.3, -0.25) is 0 Å². The van der Waals surface area contributed by atoms with Gasteiger partial charge in [-0.05, 0) is 17.7 Å². The first-order valence-corrected chi connectivity index (χ1v) is 6.90. The van der Waals surface area contributed by atoms with Gasteiger partial charge in [0, 0.05) is 17.2 Å². The van der Waals surface area contributed by atoms with Crippen LogP contribution in [-0.4, -0.2) is 11.1 Å². The molecular weight excluding hydrogens is 276 g/mol. The number of hydrogen-bond acceptors (Lipinski definition) is 2. The van der Waals surface area contributed by atoms with Crippen molar-refractivity contribution < 1.29 is 14.3 Å². The molecule has 0 radical (unpaired) electrons. The number of hydrogen-bond donors (Lipinski definition) is 1. The molecule has 0 saturated carbocycles. The molecule has 1 aromatic heterocycles. The molecule has 0 fully saturated rings. The Hall–Kier alpha value is -3.07. The molecule has 0 atom stereocenters. The lowest BCUT2D eigenvalue weighted by molar-refractivity contribution is -0.131. The summed E-state index contributed by atoms with van der Waals surface area (Å²) in [6, 6.07) is 21.5. The van der Waals surface area contributed by atoms with E-state index < -0.39 is 5.97 Å². The molecule has 0 aliphatic carbocycles. The second-order valence-electron chi connectivity index (χ2n) is 4.80. The van der Waals surface area contributed by atoms with Gasteiger partial charge < -0.3 is 9.52 Å². The zero-order valence-electron chi connectivity index (χ0n) is 11.8. The highest BCUT2D eigenvalue weighted by atomic mass is 16.4. The fraction of sp³-hybridized carbons (Fsp3) is 0. The van der Waals surface area contributed by atoms with Crippen LogP contribution >= 0.6 is 0 Å². The van der Waals surface area contributed by atoms with Crippen LogP contribution in [0, 0.1) is 0 Å². The van der Waals surface area contributed by atoms with Gasteiger partial charge in [0.15, 0.2) is 0 Å².